The Morgan fingerprint density at radius 2 is 1.60 bits per heavy atom. The Balaban J connectivity index is 3.34. The predicted molar refractivity (Wildman–Crippen MR) is 97.2 cm³/mol. The Hall–Kier alpha value is 0.708. The summed E-state index contributed by atoms with van der Waals surface area (Å²) in [7, 11) is -0.472. The van der Waals surface area contributed by atoms with E-state index in [4.69, 9.17) is 0 Å². The van der Waals surface area contributed by atoms with E-state index in [9.17, 15) is 0 Å². The summed E-state index contributed by atoms with van der Waals surface area (Å²) in [6.45, 7) is 19.5. The molecular weight excluding hydrogens is 313 g/mol. The molecule has 0 aromatic rings. The van der Waals surface area contributed by atoms with Crippen LogP contribution in [0, 0.1) is 0 Å². The fourth-order valence-electron chi connectivity index (χ4n) is 3.65. The summed E-state index contributed by atoms with van der Waals surface area (Å²) in [6.07, 6.45) is 0. The molecule has 20 heavy (non-hydrogen) atoms. The molecule has 0 amide bonds. The quantitative estimate of drug-likeness (QED) is 0.787. The molecule has 4 nitrogen and oxygen atoms in total. The summed E-state index contributed by atoms with van der Waals surface area (Å²) < 4.78 is 12.5. The van der Waals surface area contributed by atoms with E-state index in [0.717, 1.165) is 9.84 Å². The topological polar surface area (TPSA) is 21.8 Å². The first-order valence-corrected chi connectivity index (χ1v) is 16.1. The number of nitrogens with zero attached hydrogens (tertiary/aromatic N) is 3. The maximum atomic E-state index is 3.88. The summed E-state index contributed by atoms with van der Waals surface area (Å²) in [5.41, 5.74) is 0. The number of rotatable bonds is 4. The SMILES string of the molecule is CCN1[Si]N[Si](C)N(C)[Si](C)(C)N(CC)[Si]1(CC)CC. The molecule has 0 saturated carbocycles. The minimum atomic E-state index is -1.53. The summed E-state index contributed by atoms with van der Waals surface area (Å²) in [5.74, 6) is 0. The van der Waals surface area contributed by atoms with Gasteiger partial charge in [-0.1, -0.05) is 27.7 Å². The number of hydrogen-bond acceptors (Lipinski definition) is 4. The highest BCUT2D eigenvalue weighted by Gasteiger charge is 2.52. The fraction of sp³-hybridized carbons (Fsp3) is 1.00. The van der Waals surface area contributed by atoms with Gasteiger partial charge in [-0.25, -0.2) is 0 Å². The van der Waals surface area contributed by atoms with Crippen LogP contribution in [0.4, 0.5) is 0 Å². The maximum Gasteiger partial charge on any atom is 0.235 e. The van der Waals surface area contributed by atoms with Gasteiger partial charge in [-0.05, 0) is 51.9 Å². The van der Waals surface area contributed by atoms with E-state index in [-0.39, 0.29) is 0 Å². The predicted octanol–water partition coefficient (Wildman–Crippen LogP) is 2.00. The van der Waals surface area contributed by atoms with Gasteiger partial charge in [0.05, 0.1) is 0 Å². The molecule has 0 spiro atoms. The van der Waals surface area contributed by atoms with Crippen LogP contribution in [0.2, 0.25) is 31.7 Å². The molecule has 1 rings (SSSR count). The molecule has 0 bridgehead atoms. The second-order valence-electron chi connectivity index (χ2n) is 6.05. The molecule has 3 radical (unpaired) electrons. The highest BCUT2D eigenvalue weighted by Crippen LogP contribution is 2.31. The average Bonchev–Trinajstić information content (AvgIpc) is 2.44. The first-order valence-electron chi connectivity index (χ1n) is 7.96. The van der Waals surface area contributed by atoms with E-state index >= 15 is 0 Å². The molecule has 1 fully saturated rings. The summed E-state index contributed by atoms with van der Waals surface area (Å²) in [6, 6.07) is 2.69. The molecule has 0 aromatic heterocycles. The molecule has 1 N–H and O–H groups in total. The van der Waals surface area contributed by atoms with E-state index < -0.39 is 25.9 Å². The van der Waals surface area contributed by atoms with Gasteiger partial charge in [0.1, 0.15) is 0 Å². The standard InChI is InChI=1S/C12H33N4Si4/c1-9-15-17-13-18(6)14(5)19(7,8)16(10-2)20(15,11-3)12-4/h13H,9-12H2,1-8H3. The third-order valence-corrected chi connectivity index (χ3v) is 23.9. The highest BCUT2D eigenvalue weighted by atomic mass is 28.5. The van der Waals surface area contributed by atoms with E-state index in [1.165, 1.54) is 25.2 Å². The largest absolute Gasteiger partial charge is 0.337 e. The third kappa shape index (κ3) is 3.07. The lowest BCUT2D eigenvalue weighted by atomic mass is 10.8. The molecule has 1 saturated heterocycles. The van der Waals surface area contributed by atoms with Gasteiger partial charge in [-0.2, -0.15) is 0 Å². The van der Waals surface area contributed by atoms with Gasteiger partial charge >= 0.3 is 0 Å². The van der Waals surface area contributed by atoms with Crippen LogP contribution in [0.15, 0.2) is 0 Å². The highest BCUT2D eigenvalue weighted by molar-refractivity contribution is 6.96. The number of nitrogens with one attached hydrogen (secondary N) is 1. The summed E-state index contributed by atoms with van der Waals surface area (Å²) in [4.78, 5) is 0. The van der Waals surface area contributed by atoms with Crippen LogP contribution < -0.4 is 4.65 Å². The summed E-state index contributed by atoms with van der Waals surface area (Å²) in [5, 5.41) is 0. The van der Waals surface area contributed by atoms with E-state index in [0.29, 0.717) is 0 Å². The van der Waals surface area contributed by atoms with Crippen molar-refractivity contribution in [3.63, 3.8) is 0 Å². The zero-order chi connectivity index (χ0) is 15.6. The van der Waals surface area contributed by atoms with Crippen molar-refractivity contribution in [3.05, 3.63) is 0 Å². The van der Waals surface area contributed by atoms with Crippen molar-refractivity contribution in [1.29, 1.82) is 0 Å². The first kappa shape index (κ1) is 18.8. The van der Waals surface area contributed by atoms with Crippen LogP contribution in [0.25, 0.3) is 0 Å². The number of hydrogen-bond donors (Lipinski definition) is 1. The first-order chi connectivity index (χ1) is 9.31. The van der Waals surface area contributed by atoms with Gasteiger partial charge < -0.3 is 17.3 Å². The molecule has 1 aliphatic rings. The van der Waals surface area contributed by atoms with E-state index in [2.05, 4.69) is 71.7 Å². The minimum absolute atomic E-state index is 0.590. The van der Waals surface area contributed by atoms with Crippen molar-refractivity contribution in [2.75, 3.05) is 20.1 Å². The van der Waals surface area contributed by atoms with Gasteiger partial charge in [-0.15, -0.1) is 0 Å². The molecule has 1 aliphatic heterocycles. The lowest BCUT2D eigenvalue weighted by Crippen LogP contribution is -2.81. The molecular formula is C12H33N4Si4. The fourth-order valence-corrected chi connectivity index (χ4v) is 23.5. The Kier molecular flexibility index (Phi) is 6.86. The van der Waals surface area contributed by atoms with Crippen molar-refractivity contribution in [2.24, 2.45) is 0 Å². The van der Waals surface area contributed by atoms with Crippen LogP contribution in [0.5, 0.6) is 0 Å². The zero-order valence-corrected chi connectivity index (χ0v) is 18.7. The van der Waals surface area contributed by atoms with Gasteiger partial charge in [0, 0.05) is 0 Å². The Labute approximate surface area is 133 Å². The minimum Gasteiger partial charge on any atom is -0.337 e. The third-order valence-electron chi connectivity index (χ3n) is 5.13. The lowest BCUT2D eigenvalue weighted by molar-refractivity contribution is 0.484. The molecule has 0 aliphatic carbocycles. The van der Waals surface area contributed by atoms with Crippen molar-refractivity contribution in [1.82, 2.24) is 17.3 Å². The average molecular weight is 346 g/mol. The van der Waals surface area contributed by atoms with Gasteiger partial charge in [0.15, 0.2) is 16.8 Å². The van der Waals surface area contributed by atoms with Crippen molar-refractivity contribution in [2.45, 2.75) is 59.4 Å². The van der Waals surface area contributed by atoms with Crippen LogP contribution in [-0.4, -0.2) is 68.6 Å². The smallest absolute Gasteiger partial charge is 0.235 e. The van der Waals surface area contributed by atoms with Gasteiger partial charge in [0.2, 0.25) is 19.0 Å². The molecule has 0 atom stereocenters. The normalized spacial score (nSPS) is 26.4. The van der Waals surface area contributed by atoms with Crippen molar-refractivity contribution < 1.29 is 0 Å². The molecule has 117 valence electrons. The van der Waals surface area contributed by atoms with E-state index in [1.807, 2.05) is 0 Å². The Bertz CT molecular complexity index is 312. The second kappa shape index (κ2) is 7.31. The van der Waals surface area contributed by atoms with Crippen LogP contribution in [-0.2, 0) is 0 Å². The van der Waals surface area contributed by atoms with Crippen LogP contribution >= 0.6 is 0 Å². The van der Waals surface area contributed by atoms with Gasteiger partial charge in [0.25, 0.3) is 0 Å². The Morgan fingerprint density at radius 1 is 1.05 bits per heavy atom. The Morgan fingerprint density at radius 3 is 2.00 bits per heavy atom. The second-order valence-corrected chi connectivity index (χ2v) is 19.7. The molecule has 8 heteroatoms. The molecule has 1 heterocycles. The monoisotopic (exact) mass is 345 g/mol. The van der Waals surface area contributed by atoms with Gasteiger partial charge in [-0.3, -0.25) is 0 Å². The molecule has 0 aromatic carbocycles. The van der Waals surface area contributed by atoms with Crippen LogP contribution in [0.3, 0.4) is 0 Å². The molecule has 0 unspecified atom stereocenters. The van der Waals surface area contributed by atoms with Crippen molar-refractivity contribution in [3.8, 4) is 0 Å². The van der Waals surface area contributed by atoms with Crippen LogP contribution in [0.1, 0.15) is 27.7 Å². The summed E-state index contributed by atoms with van der Waals surface area (Å²) >= 11 is 0. The van der Waals surface area contributed by atoms with E-state index in [1.54, 1.807) is 0 Å². The van der Waals surface area contributed by atoms with Crippen molar-refractivity contribution >= 4 is 35.8 Å². The lowest BCUT2D eigenvalue weighted by Gasteiger charge is -2.58. The maximum absolute atomic E-state index is 3.88. The zero-order valence-electron chi connectivity index (χ0n) is 14.7.